The summed E-state index contributed by atoms with van der Waals surface area (Å²) >= 11 is 5.55. The monoisotopic (exact) mass is 376 g/mol. The molecule has 3 nitrogen and oxygen atoms in total. The van der Waals surface area contributed by atoms with E-state index in [-0.39, 0.29) is 0 Å². The van der Waals surface area contributed by atoms with E-state index in [0.717, 1.165) is 13.8 Å². The third kappa shape index (κ3) is 2.88. The predicted octanol–water partition coefficient (Wildman–Crippen LogP) is 3.64. The van der Waals surface area contributed by atoms with Crippen LogP contribution in [-0.2, 0) is 0 Å². The highest BCUT2D eigenvalue weighted by atomic mass is 127. The maximum atomic E-state index is 5.59. The molecule has 2 rings (SSSR count). The highest BCUT2D eigenvalue weighted by Crippen LogP contribution is 2.26. The molecule has 0 N–H and O–H groups in total. The Morgan fingerprint density at radius 1 is 1.33 bits per heavy atom. The van der Waals surface area contributed by atoms with Crippen molar-refractivity contribution in [3.05, 3.63) is 44.8 Å². The van der Waals surface area contributed by atoms with E-state index >= 15 is 0 Å². The molecule has 0 atom stereocenters. The lowest BCUT2D eigenvalue weighted by Crippen LogP contribution is -1.90. The number of nitrogens with zero attached hydrogens (tertiary/aromatic N) is 2. The van der Waals surface area contributed by atoms with E-state index < -0.39 is 0 Å². The van der Waals surface area contributed by atoms with Gasteiger partial charge in [-0.3, -0.25) is 0 Å². The molecule has 0 aliphatic rings. The second-order valence-electron chi connectivity index (χ2n) is 2.74. The van der Waals surface area contributed by atoms with E-state index in [4.69, 9.17) is 4.74 Å². The molecular weight excluding hydrogens is 371 g/mol. The van der Waals surface area contributed by atoms with Gasteiger partial charge < -0.3 is 4.74 Å². The van der Waals surface area contributed by atoms with Crippen molar-refractivity contribution in [2.75, 3.05) is 0 Å². The minimum absolute atomic E-state index is 0.520. The second-order valence-corrected chi connectivity index (χ2v) is 4.84. The van der Waals surface area contributed by atoms with Crippen LogP contribution in [0.15, 0.2) is 41.3 Å². The van der Waals surface area contributed by atoms with Gasteiger partial charge >= 0.3 is 0 Å². The first-order valence-electron chi connectivity index (χ1n) is 4.14. The van der Waals surface area contributed by atoms with Crippen molar-refractivity contribution < 1.29 is 4.74 Å². The predicted molar refractivity (Wildman–Crippen MR) is 69.0 cm³/mol. The van der Waals surface area contributed by atoms with Crippen LogP contribution in [0, 0.1) is 3.57 Å². The Morgan fingerprint density at radius 3 is 2.93 bits per heavy atom. The van der Waals surface area contributed by atoms with Crippen LogP contribution in [0.1, 0.15) is 0 Å². The third-order valence-corrected chi connectivity index (χ3v) is 2.86. The summed E-state index contributed by atoms with van der Waals surface area (Å²) in [4.78, 5) is 7.89. The minimum atomic E-state index is 0.520. The lowest BCUT2D eigenvalue weighted by atomic mass is 10.3. The molecular formula is C10H6BrIN2O. The highest BCUT2D eigenvalue weighted by Gasteiger charge is 2.03. The van der Waals surface area contributed by atoms with Crippen molar-refractivity contribution in [3.63, 3.8) is 0 Å². The van der Waals surface area contributed by atoms with Gasteiger partial charge in [0.1, 0.15) is 12.1 Å². The fraction of sp³-hybridized carbons (Fsp3) is 0. The molecule has 0 amide bonds. The molecule has 5 heteroatoms. The zero-order valence-electron chi connectivity index (χ0n) is 7.52. The van der Waals surface area contributed by atoms with Crippen molar-refractivity contribution >= 4 is 38.5 Å². The number of aromatic nitrogens is 2. The summed E-state index contributed by atoms with van der Waals surface area (Å²) in [7, 11) is 0. The highest BCUT2D eigenvalue weighted by molar-refractivity contribution is 14.1. The zero-order chi connectivity index (χ0) is 10.7. The molecule has 1 aromatic carbocycles. The molecule has 0 saturated carbocycles. The summed E-state index contributed by atoms with van der Waals surface area (Å²) in [5.74, 6) is 1.29. The summed E-state index contributed by atoms with van der Waals surface area (Å²) < 4.78 is 7.45. The van der Waals surface area contributed by atoms with Crippen LogP contribution in [0.4, 0.5) is 0 Å². The van der Waals surface area contributed by atoms with Crippen molar-refractivity contribution in [2.24, 2.45) is 0 Å². The first kappa shape index (κ1) is 10.8. The Balaban J connectivity index is 2.26. The van der Waals surface area contributed by atoms with Crippen LogP contribution in [0.5, 0.6) is 11.6 Å². The van der Waals surface area contributed by atoms with Gasteiger partial charge in [0.25, 0.3) is 0 Å². The minimum Gasteiger partial charge on any atom is -0.438 e. The number of rotatable bonds is 2. The van der Waals surface area contributed by atoms with Crippen molar-refractivity contribution in [1.82, 2.24) is 9.97 Å². The number of benzene rings is 1. The average molecular weight is 377 g/mol. The van der Waals surface area contributed by atoms with Crippen LogP contribution in [0.3, 0.4) is 0 Å². The van der Waals surface area contributed by atoms with Crippen molar-refractivity contribution in [1.29, 1.82) is 0 Å². The largest absolute Gasteiger partial charge is 0.438 e. The Kier molecular flexibility index (Phi) is 3.53. The normalized spacial score (nSPS) is 10.0. The summed E-state index contributed by atoms with van der Waals surface area (Å²) in [6, 6.07) is 7.76. The van der Waals surface area contributed by atoms with Gasteiger partial charge in [-0.15, -0.1) is 0 Å². The van der Waals surface area contributed by atoms with Crippen LogP contribution in [0.2, 0.25) is 0 Å². The lowest BCUT2D eigenvalue weighted by Gasteiger charge is -2.05. The first-order chi connectivity index (χ1) is 7.25. The maximum Gasteiger partial charge on any atom is 0.236 e. The van der Waals surface area contributed by atoms with Gasteiger partial charge in [-0.05, 0) is 56.7 Å². The standard InChI is InChI=1S/C10H6BrIN2O/c11-9-5-13-6-14-10(9)15-8-3-1-2-7(12)4-8/h1-6H. The van der Waals surface area contributed by atoms with E-state index in [1.54, 1.807) is 6.20 Å². The van der Waals surface area contributed by atoms with E-state index in [1.165, 1.54) is 6.33 Å². The molecule has 1 aromatic heterocycles. The molecule has 0 unspecified atom stereocenters. The zero-order valence-corrected chi connectivity index (χ0v) is 11.3. The first-order valence-corrected chi connectivity index (χ1v) is 6.02. The Bertz CT molecular complexity index is 478. The summed E-state index contributed by atoms with van der Waals surface area (Å²) in [6.45, 7) is 0. The van der Waals surface area contributed by atoms with Crippen molar-refractivity contribution in [3.8, 4) is 11.6 Å². The Labute approximate surface area is 109 Å². The van der Waals surface area contributed by atoms with Crippen LogP contribution < -0.4 is 4.74 Å². The van der Waals surface area contributed by atoms with E-state index in [1.807, 2.05) is 24.3 Å². The molecule has 0 aliphatic carbocycles. The van der Waals surface area contributed by atoms with Gasteiger partial charge in [0, 0.05) is 9.77 Å². The molecule has 0 fully saturated rings. The Hall–Kier alpha value is -0.690. The van der Waals surface area contributed by atoms with Crippen molar-refractivity contribution in [2.45, 2.75) is 0 Å². The second kappa shape index (κ2) is 4.89. The van der Waals surface area contributed by atoms with Gasteiger partial charge in [0.05, 0.1) is 4.47 Å². The van der Waals surface area contributed by atoms with Gasteiger partial charge in [0.2, 0.25) is 5.88 Å². The van der Waals surface area contributed by atoms with Crippen LogP contribution in [0.25, 0.3) is 0 Å². The summed E-state index contributed by atoms with van der Waals surface area (Å²) in [5.41, 5.74) is 0. The number of ether oxygens (including phenoxy) is 1. The molecule has 1 heterocycles. The lowest BCUT2D eigenvalue weighted by molar-refractivity contribution is 0.457. The molecule has 0 spiro atoms. The number of halogens is 2. The molecule has 0 radical (unpaired) electrons. The summed E-state index contributed by atoms with van der Waals surface area (Å²) in [5, 5.41) is 0. The smallest absolute Gasteiger partial charge is 0.236 e. The average Bonchev–Trinajstić information content (AvgIpc) is 2.22. The number of hydrogen-bond donors (Lipinski definition) is 0. The third-order valence-electron chi connectivity index (χ3n) is 1.64. The Morgan fingerprint density at radius 2 is 2.20 bits per heavy atom. The quantitative estimate of drug-likeness (QED) is 0.750. The fourth-order valence-corrected chi connectivity index (χ4v) is 1.83. The maximum absolute atomic E-state index is 5.59. The van der Waals surface area contributed by atoms with Gasteiger partial charge in [-0.25, -0.2) is 9.97 Å². The van der Waals surface area contributed by atoms with E-state index in [2.05, 4.69) is 48.5 Å². The fourth-order valence-electron chi connectivity index (χ4n) is 1.02. The van der Waals surface area contributed by atoms with Gasteiger partial charge in [-0.1, -0.05) is 6.07 Å². The molecule has 0 bridgehead atoms. The van der Waals surface area contributed by atoms with Gasteiger partial charge in [0.15, 0.2) is 0 Å². The summed E-state index contributed by atoms with van der Waals surface area (Å²) in [6.07, 6.45) is 3.10. The molecule has 2 aromatic rings. The number of hydrogen-bond acceptors (Lipinski definition) is 3. The molecule has 0 aliphatic heterocycles. The molecule has 0 saturated heterocycles. The topological polar surface area (TPSA) is 35.0 Å². The van der Waals surface area contributed by atoms with E-state index in [9.17, 15) is 0 Å². The van der Waals surface area contributed by atoms with Crippen LogP contribution >= 0.6 is 38.5 Å². The SMILES string of the molecule is Brc1cncnc1Oc1cccc(I)c1. The van der Waals surface area contributed by atoms with Gasteiger partial charge in [-0.2, -0.15) is 0 Å². The molecule has 15 heavy (non-hydrogen) atoms. The van der Waals surface area contributed by atoms with Crippen LogP contribution in [-0.4, -0.2) is 9.97 Å². The van der Waals surface area contributed by atoms with E-state index in [0.29, 0.717) is 5.88 Å². The molecule has 76 valence electrons.